The Morgan fingerprint density at radius 1 is 1.21 bits per heavy atom. The highest BCUT2D eigenvalue weighted by Gasteiger charge is 2.19. The zero-order chi connectivity index (χ0) is 20.5. The van der Waals surface area contributed by atoms with Crippen LogP contribution in [0.25, 0.3) is 0 Å². The maximum atomic E-state index is 5.79. The van der Waals surface area contributed by atoms with Gasteiger partial charge in [0.15, 0.2) is 11.5 Å². The average Bonchev–Trinajstić information content (AvgIpc) is 2.74. The summed E-state index contributed by atoms with van der Waals surface area (Å²) in [5.74, 6) is 1.51. The summed E-state index contributed by atoms with van der Waals surface area (Å²) in [5, 5.41) is 3.71. The van der Waals surface area contributed by atoms with Crippen molar-refractivity contribution < 1.29 is 9.47 Å². The van der Waals surface area contributed by atoms with Crippen LogP contribution in [-0.2, 0) is 13.1 Å². The van der Waals surface area contributed by atoms with E-state index in [0.717, 1.165) is 55.0 Å². The first-order chi connectivity index (χ1) is 14.2. The van der Waals surface area contributed by atoms with Crippen LogP contribution in [0.5, 0.6) is 11.5 Å². The summed E-state index contributed by atoms with van der Waals surface area (Å²) in [5.41, 5.74) is 2.52. The minimum atomic E-state index is 0.453. The molecule has 1 aromatic heterocycles. The van der Waals surface area contributed by atoms with Gasteiger partial charge in [0.1, 0.15) is 6.61 Å². The van der Waals surface area contributed by atoms with Gasteiger partial charge >= 0.3 is 0 Å². The fourth-order valence-electron chi connectivity index (χ4n) is 3.57. The molecule has 2 aromatic rings. The second-order valence-electron chi connectivity index (χ2n) is 7.22. The van der Waals surface area contributed by atoms with Gasteiger partial charge in [0.25, 0.3) is 0 Å². The fraction of sp³-hybridized carbons (Fsp3) is 0.435. The molecule has 1 aromatic carbocycles. The predicted octanol–water partition coefficient (Wildman–Crippen LogP) is 4.56. The Hall–Kier alpha value is -1.89. The molecule has 1 aliphatic rings. The zero-order valence-electron chi connectivity index (χ0n) is 17.1. The van der Waals surface area contributed by atoms with Gasteiger partial charge in [-0.2, -0.15) is 0 Å². The number of ether oxygens (including phenoxy) is 2. The number of hydrogen-bond donors (Lipinski definition) is 1. The summed E-state index contributed by atoms with van der Waals surface area (Å²) < 4.78 is 12.5. The maximum Gasteiger partial charge on any atom is 0.175 e. The van der Waals surface area contributed by atoms with Gasteiger partial charge in [0, 0.05) is 31.5 Å². The van der Waals surface area contributed by atoms with Crippen molar-refractivity contribution in [2.45, 2.75) is 38.9 Å². The molecule has 0 amide bonds. The molecule has 0 saturated carbocycles. The largest absolute Gasteiger partial charge is 0.490 e. The summed E-state index contributed by atoms with van der Waals surface area (Å²) in [4.78, 5) is 6.61. The molecule has 3 rings (SSSR count). The molecule has 0 spiro atoms. The van der Waals surface area contributed by atoms with Gasteiger partial charge in [-0.15, -0.1) is 0 Å². The number of pyridine rings is 1. The minimum absolute atomic E-state index is 0.453. The lowest BCUT2D eigenvalue weighted by atomic mass is 10.0. The summed E-state index contributed by atoms with van der Waals surface area (Å²) in [6.45, 7) is 10.8. The second-order valence-corrected chi connectivity index (χ2v) is 8.08. The number of aromatic nitrogens is 1. The van der Waals surface area contributed by atoms with E-state index < -0.39 is 0 Å². The Kier molecular flexibility index (Phi) is 8.52. The molecule has 1 fully saturated rings. The molecule has 1 N–H and O–H groups in total. The van der Waals surface area contributed by atoms with Crippen LogP contribution in [0.3, 0.4) is 0 Å². The van der Waals surface area contributed by atoms with Crippen LogP contribution in [-0.4, -0.2) is 42.2 Å². The maximum absolute atomic E-state index is 5.79. The number of piperidine rings is 1. The summed E-state index contributed by atoms with van der Waals surface area (Å²) in [6.07, 6.45) is 7.78. The number of rotatable bonds is 10. The molecule has 156 valence electrons. The first-order valence-corrected chi connectivity index (χ1v) is 11.0. The monoisotopic (exact) mass is 459 g/mol. The summed E-state index contributed by atoms with van der Waals surface area (Å²) in [6, 6.07) is 8.90. The normalized spacial score (nSPS) is 15.2. The Labute approximate surface area is 182 Å². The topological polar surface area (TPSA) is 46.6 Å². The quantitative estimate of drug-likeness (QED) is 0.527. The van der Waals surface area contributed by atoms with Gasteiger partial charge < -0.3 is 14.8 Å². The van der Waals surface area contributed by atoms with E-state index in [9.17, 15) is 0 Å². The van der Waals surface area contributed by atoms with E-state index in [1.165, 1.54) is 11.1 Å². The highest BCUT2D eigenvalue weighted by molar-refractivity contribution is 9.10. The van der Waals surface area contributed by atoms with Crippen LogP contribution in [0.2, 0.25) is 0 Å². The van der Waals surface area contributed by atoms with Crippen molar-refractivity contribution in [2.24, 2.45) is 0 Å². The third-order valence-electron chi connectivity index (χ3n) is 5.05. The van der Waals surface area contributed by atoms with Gasteiger partial charge in [-0.25, -0.2) is 0 Å². The number of nitrogens with one attached hydrogen (secondary N) is 1. The van der Waals surface area contributed by atoms with Crippen molar-refractivity contribution >= 4 is 15.9 Å². The molecule has 1 saturated heterocycles. The first kappa shape index (κ1) is 21.8. The molecule has 0 aliphatic carbocycles. The van der Waals surface area contributed by atoms with E-state index in [1.807, 2.05) is 19.3 Å². The zero-order valence-corrected chi connectivity index (χ0v) is 18.7. The smallest absolute Gasteiger partial charge is 0.175 e. The molecule has 5 nitrogen and oxygen atoms in total. The molecule has 1 aliphatic heterocycles. The molecule has 0 atom stereocenters. The van der Waals surface area contributed by atoms with E-state index >= 15 is 0 Å². The van der Waals surface area contributed by atoms with Crippen molar-refractivity contribution in [3.63, 3.8) is 0 Å². The molecular formula is C23H30BrN3O2. The average molecular weight is 460 g/mol. The van der Waals surface area contributed by atoms with Crippen LogP contribution in [0.4, 0.5) is 0 Å². The molecular weight excluding hydrogens is 430 g/mol. The van der Waals surface area contributed by atoms with Crippen molar-refractivity contribution in [3.05, 3.63) is 64.9 Å². The highest BCUT2D eigenvalue weighted by atomic mass is 79.9. The Balaban J connectivity index is 1.51. The SMILES string of the molecule is C=CCOc1c(Br)cc(CNC2CCN(Cc3ccncc3)CC2)cc1OCC. The summed E-state index contributed by atoms with van der Waals surface area (Å²) in [7, 11) is 0. The number of benzene rings is 1. The number of halogens is 1. The van der Waals surface area contributed by atoms with Crippen molar-refractivity contribution in [1.82, 2.24) is 15.2 Å². The number of likely N-dealkylation sites (tertiary alicyclic amines) is 1. The van der Waals surface area contributed by atoms with E-state index in [1.54, 1.807) is 6.08 Å². The fourth-order valence-corrected chi connectivity index (χ4v) is 4.18. The molecule has 2 heterocycles. The van der Waals surface area contributed by atoms with Crippen LogP contribution >= 0.6 is 15.9 Å². The van der Waals surface area contributed by atoms with Crippen LogP contribution in [0.15, 0.2) is 53.8 Å². The van der Waals surface area contributed by atoms with Gasteiger partial charge in [-0.05, 0) is 84.2 Å². The molecule has 6 heteroatoms. The third kappa shape index (κ3) is 6.56. The van der Waals surface area contributed by atoms with E-state index in [2.05, 4.69) is 62.0 Å². The summed E-state index contributed by atoms with van der Waals surface area (Å²) >= 11 is 3.63. The first-order valence-electron chi connectivity index (χ1n) is 10.2. The lowest BCUT2D eigenvalue weighted by molar-refractivity contribution is 0.190. The van der Waals surface area contributed by atoms with Gasteiger partial charge in [0.05, 0.1) is 11.1 Å². The van der Waals surface area contributed by atoms with Gasteiger partial charge in [-0.1, -0.05) is 12.7 Å². The Bertz CT molecular complexity index is 777. The molecule has 0 unspecified atom stereocenters. The predicted molar refractivity (Wildman–Crippen MR) is 120 cm³/mol. The van der Waals surface area contributed by atoms with Crippen molar-refractivity contribution in [3.8, 4) is 11.5 Å². The van der Waals surface area contributed by atoms with Crippen molar-refractivity contribution in [2.75, 3.05) is 26.3 Å². The third-order valence-corrected chi connectivity index (χ3v) is 5.64. The Morgan fingerprint density at radius 3 is 2.66 bits per heavy atom. The highest BCUT2D eigenvalue weighted by Crippen LogP contribution is 2.37. The number of hydrogen-bond acceptors (Lipinski definition) is 5. The van der Waals surface area contributed by atoms with Gasteiger partial charge in [0.2, 0.25) is 0 Å². The standard InChI is InChI=1S/C23H30BrN3O2/c1-3-13-29-23-21(24)14-19(15-22(23)28-4-2)16-26-20-7-11-27(12-8-20)17-18-5-9-25-10-6-18/h3,5-6,9-10,14-15,20,26H,1,4,7-8,11-13,16-17H2,2H3. The number of nitrogens with zero attached hydrogens (tertiary/aromatic N) is 2. The van der Waals surface area contributed by atoms with Crippen LogP contribution in [0, 0.1) is 0 Å². The van der Waals surface area contributed by atoms with Crippen LogP contribution in [0.1, 0.15) is 30.9 Å². The molecule has 0 radical (unpaired) electrons. The van der Waals surface area contributed by atoms with Gasteiger partial charge in [-0.3, -0.25) is 9.88 Å². The molecule has 0 bridgehead atoms. The van der Waals surface area contributed by atoms with E-state index in [4.69, 9.17) is 9.47 Å². The molecule has 29 heavy (non-hydrogen) atoms. The lowest BCUT2D eigenvalue weighted by Crippen LogP contribution is -2.41. The van der Waals surface area contributed by atoms with Crippen molar-refractivity contribution in [1.29, 1.82) is 0 Å². The lowest BCUT2D eigenvalue weighted by Gasteiger charge is -2.32. The van der Waals surface area contributed by atoms with E-state index in [-0.39, 0.29) is 0 Å². The van der Waals surface area contributed by atoms with Crippen LogP contribution < -0.4 is 14.8 Å². The van der Waals surface area contributed by atoms with E-state index in [0.29, 0.717) is 19.3 Å². The minimum Gasteiger partial charge on any atom is -0.490 e. The second kappa shape index (κ2) is 11.3. The Morgan fingerprint density at radius 2 is 1.97 bits per heavy atom.